The summed E-state index contributed by atoms with van der Waals surface area (Å²) in [7, 11) is 3.27. The average molecular weight is 400 g/mol. The second kappa shape index (κ2) is 12.0. The fraction of sp³-hybridized carbons (Fsp3) is 0.435. The minimum absolute atomic E-state index is 0.220. The highest BCUT2D eigenvalue weighted by Crippen LogP contribution is 2.27. The van der Waals surface area contributed by atoms with Crippen LogP contribution < -0.4 is 20.1 Å². The number of ether oxygens (including phenoxy) is 3. The summed E-state index contributed by atoms with van der Waals surface area (Å²) in [4.78, 5) is 4.71. The van der Waals surface area contributed by atoms with Gasteiger partial charge >= 0.3 is 0 Å². The van der Waals surface area contributed by atoms with Crippen molar-refractivity contribution in [1.82, 2.24) is 10.6 Å². The second-order valence-electron chi connectivity index (χ2n) is 6.92. The molecule has 0 bridgehead atoms. The maximum atomic E-state index is 5.69. The van der Waals surface area contributed by atoms with Gasteiger partial charge in [0, 0.05) is 13.1 Å². The summed E-state index contributed by atoms with van der Waals surface area (Å²) in [5, 5.41) is 6.66. The molecule has 6 nitrogen and oxygen atoms in total. The smallest absolute Gasteiger partial charge is 0.191 e. The Labute approximate surface area is 174 Å². The topological polar surface area (TPSA) is 64.1 Å². The van der Waals surface area contributed by atoms with Crippen LogP contribution in [0.4, 0.5) is 0 Å². The van der Waals surface area contributed by atoms with Gasteiger partial charge in [-0.3, -0.25) is 0 Å². The molecule has 0 saturated heterocycles. The molecule has 2 aromatic carbocycles. The Balaban J connectivity index is 2.00. The van der Waals surface area contributed by atoms with E-state index in [1.54, 1.807) is 14.2 Å². The molecule has 158 valence electrons. The van der Waals surface area contributed by atoms with Gasteiger partial charge in [0.25, 0.3) is 0 Å². The molecule has 2 aromatic rings. The van der Waals surface area contributed by atoms with E-state index < -0.39 is 0 Å². The maximum Gasteiger partial charge on any atom is 0.191 e. The van der Waals surface area contributed by atoms with Gasteiger partial charge in [-0.15, -0.1) is 0 Å². The third kappa shape index (κ3) is 7.66. The van der Waals surface area contributed by atoms with E-state index in [1.165, 1.54) is 0 Å². The first-order chi connectivity index (χ1) is 14.0. The highest BCUT2D eigenvalue weighted by atomic mass is 16.5. The Morgan fingerprint density at radius 1 is 0.931 bits per heavy atom. The van der Waals surface area contributed by atoms with Crippen molar-refractivity contribution in [3.8, 4) is 11.5 Å². The number of nitrogens with one attached hydrogen (secondary N) is 2. The van der Waals surface area contributed by atoms with E-state index in [1.807, 2.05) is 38.1 Å². The van der Waals surface area contributed by atoms with Crippen LogP contribution in [-0.4, -0.2) is 32.8 Å². The van der Waals surface area contributed by atoms with Gasteiger partial charge in [0.05, 0.1) is 33.5 Å². The van der Waals surface area contributed by atoms with E-state index in [0.29, 0.717) is 25.4 Å². The lowest BCUT2D eigenvalue weighted by molar-refractivity contribution is 0.0657. The molecule has 0 saturated carbocycles. The molecule has 2 rings (SSSR count). The molecule has 2 N–H and O–H groups in total. The van der Waals surface area contributed by atoms with Crippen LogP contribution in [0.2, 0.25) is 0 Å². The molecule has 0 amide bonds. The molecule has 0 unspecified atom stereocenters. The van der Waals surface area contributed by atoms with E-state index in [4.69, 9.17) is 19.2 Å². The summed E-state index contributed by atoms with van der Waals surface area (Å²) in [5.41, 5.74) is 3.40. The molecule has 0 fully saturated rings. The summed E-state index contributed by atoms with van der Waals surface area (Å²) in [6.45, 7) is 8.78. The monoisotopic (exact) mass is 399 g/mol. The van der Waals surface area contributed by atoms with Crippen molar-refractivity contribution in [1.29, 1.82) is 0 Å². The quantitative estimate of drug-likeness (QED) is 0.469. The first kappa shape index (κ1) is 22.6. The number of guanidine groups is 1. The van der Waals surface area contributed by atoms with Crippen LogP contribution in [0.5, 0.6) is 11.5 Å². The fourth-order valence-corrected chi connectivity index (χ4v) is 2.77. The fourth-order valence-electron chi connectivity index (χ4n) is 2.77. The van der Waals surface area contributed by atoms with Crippen molar-refractivity contribution in [2.75, 3.05) is 20.8 Å². The van der Waals surface area contributed by atoms with Crippen molar-refractivity contribution < 1.29 is 14.2 Å². The van der Waals surface area contributed by atoms with Gasteiger partial charge in [-0.05, 0) is 49.6 Å². The molecular formula is C23H33N3O3. The molecule has 6 heteroatoms. The lowest BCUT2D eigenvalue weighted by atomic mass is 10.1. The number of hydrogen-bond donors (Lipinski definition) is 2. The van der Waals surface area contributed by atoms with Gasteiger partial charge in [0.2, 0.25) is 0 Å². The number of nitrogens with zero attached hydrogens (tertiary/aromatic N) is 1. The van der Waals surface area contributed by atoms with Gasteiger partial charge in [-0.1, -0.05) is 30.3 Å². The molecule has 0 aliphatic rings. The van der Waals surface area contributed by atoms with Crippen LogP contribution in [0.3, 0.4) is 0 Å². The summed E-state index contributed by atoms with van der Waals surface area (Å²) in [6.07, 6.45) is 0.220. The van der Waals surface area contributed by atoms with Crippen molar-refractivity contribution >= 4 is 5.96 Å². The standard InChI is InChI=1S/C23H33N3O3/c1-6-24-23(26-15-19-10-11-21(27-4)22(13-19)28-5)25-14-18-8-7-9-20(12-18)16-29-17(2)3/h7-13,17H,6,14-16H2,1-5H3,(H2,24,25,26). The molecule has 0 atom stereocenters. The van der Waals surface area contributed by atoms with Crippen LogP contribution in [0, 0.1) is 0 Å². The SMILES string of the molecule is CCNC(=NCc1cccc(COC(C)C)c1)NCc1ccc(OC)c(OC)c1. The highest BCUT2D eigenvalue weighted by Gasteiger charge is 2.06. The van der Waals surface area contributed by atoms with Crippen LogP contribution >= 0.6 is 0 Å². The zero-order valence-corrected chi connectivity index (χ0v) is 18.1. The van der Waals surface area contributed by atoms with Gasteiger partial charge < -0.3 is 24.8 Å². The normalized spacial score (nSPS) is 11.4. The van der Waals surface area contributed by atoms with E-state index in [-0.39, 0.29) is 6.10 Å². The average Bonchev–Trinajstić information content (AvgIpc) is 2.74. The molecule has 0 heterocycles. The maximum absolute atomic E-state index is 5.69. The first-order valence-corrected chi connectivity index (χ1v) is 9.98. The van der Waals surface area contributed by atoms with Crippen LogP contribution in [-0.2, 0) is 24.4 Å². The predicted molar refractivity (Wildman–Crippen MR) is 118 cm³/mol. The third-order valence-corrected chi connectivity index (χ3v) is 4.25. The molecule has 0 radical (unpaired) electrons. The van der Waals surface area contributed by atoms with Crippen molar-refractivity contribution in [2.45, 2.75) is 46.6 Å². The Morgan fingerprint density at radius 3 is 2.38 bits per heavy atom. The zero-order valence-electron chi connectivity index (χ0n) is 18.1. The van der Waals surface area contributed by atoms with Crippen molar-refractivity contribution in [2.24, 2.45) is 4.99 Å². The number of aliphatic imine (C=N–C) groups is 1. The molecule has 29 heavy (non-hydrogen) atoms. The lowest BCUT2D eigenvalue weighted by Crippen LogP contribution is -2.36. The molecule has 0 spiro atoms. The minimum Gasteiger partial charge on any atom is -0.493 e. The van der Waals surface area contributed by atoms with E-state index in [9.17, 15) is 0 Å². The minimum atomic E-state index is 0.220. The van der Waals surface area contributed by atoms with E-state index in [0.717, 1.165) is 34.9 Å². The van der Waals surface area contributed by atoms with Gasteiger partial charge in [0.15, 0.2) is 17.5 Å². The van der Waals surface area contributed by atoms with Gasteiger partial charge in [-0.2, -0.15) is 0 Å². The third-order valence-electron chi connectivity index (χ3n) is 4.25. The van der Waals surface area contributed by atoms with Crippen LogP contribution in [0.25, 0.3) is 0 Å². The largest absolute Gasteiger partial charge is 0.493 e. The van der Waals surface area contributed by atoms with Crippen molar-refractivity contribution in [3.05, 3.63) is 59.2 Å². The Morgan fingerprint density at radius 2 is 1.69 bits per heavy atom. The van der Waals surface area contributed by atoms with Crippen molar-refractivity contribution in [3.63, 3.8) is 0 Å². The Kier molecular flexibility index (Phi) is 9.31. The van der Waals surface area contributed by atoms with Crippen LogP contribution in [0.15, 0.2) is 47.5 Å². The summed E-state index contributed by atoms with van der Waals surface area (Å²) in [6, 6.07) is 14.2. The highest BCUT2D eigenvalue weighted by molar-refractivity contribution is 5.79. The molecule has 0 aromatic heterocycles. The predicted octanol–water partition coefficient (Wildman–Crippen LogP) is 3.88. The zero-order chi connectivity index (χ0) is 21.1. The number of hydrogen-bond acceptors (Lipinski definition) is 4. The van der Waals surface area contributed by atoms with Gasteiger partial charge in [0.1, 0.15) is 0 Å². The molecule has 0 aliphatic carbocycles. The summed E-state index contributed by atoms with van der Waals surface area (Å²) >= 11 is 0. The Hall–Kier alpha value is -2.73. The van der Waals surface area contributed by atoms with Gasteiger partial charge in [-0.25, -0.2) is 4.99 Å². The van der Waals surface area contributed by atoms with E-state index >= 15 is 0 Å². The summed E-state index contributed by atoms with van der Waals surface area (Å²) in [5.74, 6) is 2.21. The second-order valence-corrected chi connectivity index (χ2v) is 6.92. The molecular weight excluding hydrogens is 366 g/mol. The molecule has 0 aliphatic heterocycles. The summed E-state index contributed by atoms with van der Waals surface area (Å²) < 4.78 is 16.4. The number of rotatable bonds is 10. The van der Waals surface area contributed by atoms with Crippen LogP contribution in [0.1, 0.15) is 37.5 Å². The number of benzene rings is 2. The Bertz CT molecular complexity index is 791. The lowest BCUT2D eigenvalue weighted by Gasteiger charge is -2.13. The van der Waals surface area contributed by atoms with E-state index in [2.05, 4.69) is 35.8 Å². The first-order valence-electron chi connectivity index (χ1n) is 9.98. The number of methoxy groups -OCH3 is 2.